The van der Waals surface area contributed by atoms with Crippen molar-refractivity contribution in [2.75, 3.05) is 0 Å². The lowest BCUT2D eigenvalue weighted by molar-refractivity contribution is 0.408. The van der Waals surface area contributed by atoms with Gasteiger partial charge in [0.25, 0.3) is 0 Å². The molecule has 0 aliphatic carbocycles. The van der Waals surface area contributed by atoms with Crippen LogP contribution in [0.15, 0.2) is 70.1 Å². The van der Waals surface area contributed by atoms with Gasteiger partial charge in [-0.1, -0.05) is 48.5 Å². The zero-order chi connectivity index (χ0) is 19.0. The Bertz CT molecular complexity index is 1140. The molecule has 2 aromatic heterocycles. The average molecular weight is 360 g/mol. The highest BCUT2D eigenvalue weighted by Gasteiger charge is 2.46. The largest absolute Gasteiger partial charge is 0.434 e. The van der Waals surface area contributed by atoms with Crippen molar-refractivity contribution in [1.82, 2.24) is 19.7 Å². The molecule has 0 radical (unpaired) electrons. The topological polar surface area (TPSA) is 76.7 Å². The summed E-state index contributed by atoms with van der Waals surface area (Å²) in [4.78, 5) is 16.5. The van der Waals surface area contributed by atoms with E-state index in [0.29, 0.717) is 5.82 Å². The van der Waals surface area contributed by atoms with Gasteiger partial charge in [-0.2, -0.15) is 0 Å². The lowest BCUT2D eigenvalue weighted by Gasteiger charge is -2.31. The van der Waals surface area contributed by atoms with E-state index in [1.54, 1.807) is 6.20 Å². The third kappa shape index (κ3) is 2.61. The van der Waals surface area contributed by atoms with Crippen LogP contribution >= 0.6 is 0 Å². The summed E-state index contributed by atoms with van der Waals surface area (Å²) in [6.45, 7) is 4.13. The van der Waals surface area contributed by atoms with Crippen LogP contribution in [0, 0.1) is 13.8 Å². The van der Waals surface area contributed by atoms with Gasteiger partial charge in [0.2, 0.25) is 5.89 Å². The minimum atomic E-state index is -0.961. The van der Waals surface area contributed by atoms with Crippen molar-refractivity contribution in [3.63, 3.8) is 0 Å². The lowest BCUT2D eigenvalue weighted by Crippen LogP contribution is -2.34. The first-order valence-electron chi connectivity index (χ1n) is 8.70. The molecule has 0 saturated carbocycles. The number of H-pyrrole nitrogens is 1. The van der Waals surface area contributed by atoms with E-state index in [1.165, 1.54) is 5.56 Å². The van der Waals surface area contributed by atoms with Crippen molar-refractivity contribution >= 4 is 0 Å². The van der Waals surface area contributed by atoms with Crippen molar-refractivity contribution in [1.29, 1.82) is 0 Å². The smallest absolute Gasteiger partial charge is 0.391 e. The summed E-state index contributed by atoms with van der Waals surface area (Å²) < 4.78 is 7.46. The summed E-state index contributed by atoms with van der Waals surface area (Å²) in [7, 11) is 1.92. The summed E-state index contributed by atoms with van der Waals surface area (Å²) in [5, 5.41) is 6.64. The molecule has 0 bridgehead atoms. The fourth-order valence-corrected chi connectivity index (χ4v) is 3.55. The minimum absolute atomic E-state index is 0.260. The highest BCUT2D eigenvalue weighted by molar-refractivity contribution is 5.53. The summed E-state index contributed by atoms with van der Waals surface area (Å²) >= 11 is 0. The van der Waals surface area contributed by atoms with Gasteiger partial charge in [0.15, 0.2) is 5.41 Å². The summed E-state index contributed by atoms with van der Waals surface area (Å²) in [5.74, 6) is 0.381. The third-order valence-corrected chi connectivity index (χ3v) is 5.06. The van der Waals surface area contributed by atoms with Gasteiger partial charge in [-0.15, -0.1) is 5.10 Å². The Kier molecular flexibility index (Phi) is 4.03. The molecule has 4 rings (SSSR count). The van der Waals surface area contributed by atoms with Crippen molar-refractivity contribution in [3.05, 3.63) is 105 Å². The number of hydrogen-bond acceptors (Lipinski definition) is 4. The fraction of sp³-hybridized carbons (Fsp3) is 0.190. The molecule has 0 fully saturated rings. The first-order valence-corrected chi connectivity index (χ1v) is 8.70. The molecule has 0 spiro atoms. The summed E-state index contributed by atoms with van der Waals surface area (Å²) in [6.07, 6.45) is 3.61. The van der Waals surface area contributed by atoms with E-state index in [4.69, 9.17) is 4.42 Å². The Morgan fingerprint density at radius 1 is 1.04 bits per heavy atom. The van der Waals surface area contributed by atoms with Crippen LogP contribution in [0.25, 0.3) is 0 Å². The van der Waals surface area contributed by atoms with Crippen LogP contribution in [0.1, 0.15) is 34.0 Å². The van der Waals surface area contributed by atoms with E-state index in [1.807, 2.05) is 54.2 Å². The highest BCUT2D eigenvalue weighted by Crippen LogP contribution is 2.43. The van der Waals surface area contributed by atoms with E-state index in [9.17, 15) is 4.79 Å². The molecule has 0 aliphatic rings. The van der Waals surface area contributed by atoms with Crippen LogP contribution in [0.5, 0.6) is 0 Å². The number of aryl methyl sites for hydroxylation is 3. The average Bonchev–Trinajstić information content (AvgIpc) is 3.29. The molecule has 0 amide bonds. The number of aromatic amines is 1. The molecule has 2 aromatic carbocycles. The SMILES string of the molecule is Cc1ccc(C(c2ccccc2)(c2n[nH]c(=O)o2)c2nccn2C)cc1C. The molecule has 2 heterocycles. The van der Waals surface area contributed by atoms with E-state index >= 15 is 0 Å². The summed E-state index contributed by atoms with van der Waals surface area (Å²) in [6, 6.07) is 16.1. The van der Waals surface area contributed by atoms with Crippen molar-refractivity contribution < 1.29 is 4.42 Å². The van der Waals surface area contributed by atoms with Crippen LogP contribution in [0.3, 0.4) is 0 Å². The van der Waals surface area contributed by atoms with Crippen LogP contribution in [0.4, 0.5) is 0 Å². The molecule has 27 heavy (non-hydrogen) atoms. The van der Waals surface area contributed by atoms with Gasteiger partial charge in [-0.25, -0.2) is 14.9 Å². The van der Waals surface area contributed by atoms with Gasteiger partial charge in [0.05, 0.1) is 0 Å². The lowest BCUT2D eigenvalue weighted by atomic mass is 9.72. The quantitative estimate of drug-likeness (QED) is 0.607. The second kappa shape index (κ2) is 6.39. The molecule has 1 N–H and O–H groups in total. The van der Waals surface area contributed by atoms with E-state index in [2.05, 4.69) is 41.2 Å². The van der Waals surface area contributed by atoms with E-state index < -0.39 is 11.2 Å². The zero-order valence-electron chi connectivity index (χ0n) is 15.4. The third-order valence-electron chi connectivity index (χ3n) is 5.06. The maximum atomic E-state index is 11.9. The first-order chi connectivity index (χ1) is 13.0. The summed E-state index contributed by atoms with van der Waals surface area (Å²) in [5.41, 5.74) is 3.21. The number of hydrogen-bond donors (Lipinski definition) is 1. The monoisotopic (exact) mass is 360 g/mol. The maximum absolute atomic E-state index is 11.9. The molecule has 0 aliphatic heterocycles. The van der Waals surface area contributed by atoms with Crippen LogP contribution in [-0.2, 0) is 12.5 Å². The minimum Gasteiger partial charge on any atom is -0.391 e. The fourth-order valence-electron chi connectivity index (χ4n) is 3.55. The number of rotatable bonds is 4. The molecular formula is C21H20N4O2. The molecule has 6 heteroatoms. The second-order valence-electron chi connectivity index (χ2n) is 6.70. The maximum Gasteiger partial charge on any atom is 0.434 e. The second-order valence-corrected chi connectivity index (χ2v) is 6.70. The van der Waals surface area contributed by atoms with Crippen molar-refractivity contribution in [2.24, 2.45) is 7.05 Å². The number of nitrogens with one attached hydrogen (secondary N) is 1. The van der Waals surface area contributed by atoms with Crippen LogP contribution in [0.2, 0.25) is 0 Å². The van der Waals surface area contributed by atoms with Gasteiger partial charge < -0.3 is 8.98 Å². The Balaban J connectivity index is 2.17. The number of aromatic nitrogens is 4. The molecule has 4 aromatic rings. The van der Waals surface area contributed by atoms with E-state index in [-0.39, 0.29) is 5.89 Å². The van der Waals surface area contributed by atoms with Crippen LogP contribution < -0.4 is 5.76 Å². The first kappa shape index (κ1) is 17.0. The molecular weight excluding hydrogens is 340 g/mol. The molecule has 1 atom stereocenters. The standard InChI is InChI=1S/C21H20N4O2/c1-14-9-10-17(13-15(14)2)21(16-7-5-4-6-8-16,18-22-11-12-25(18)3)19-23-24-20(26)27-19/h4-13H,1-3H3,(H,24,26). The number of imidazole rings is 1. The zero-order valence-corrected chi connectivity index (χ0v) is 15.4. The Labute approximate surface area is 156 Å². The van der Waals surface area contributed by atoms with Gasteiger partial charge in [0.1, 0.15) is 5.82 Å². The van der Waals surface area contributed by atoms with Crippen molar-refractivity contribution in [2.45, 2.75) is 19.3 Å². The molecule has 0 saturated heterocycles. The van der Waals surface area contributed by atoms with Crippen molar-refractivity contribution in [3.8, 4) is 0 Å². The predicted molar refractivity (Wildman–Crippen MR) is 102 cm³/mol. The number of benzene rings is 2. The van der Waals surface area contributed by atoms with E-state index in [0.717, 1.165) is 16.7 Å². The van der Waals surface area contributed by atoms with Gasteiger partial charge in [-0.05, 0) is 36.1 Å². The highest BCUT2D eigenvalue weighted by atomic mass is 16.4. The van der Waals surface area contributed by atoms with Gasteiger partial charge >= 0.3 is 5.76 Å². The normalized spacial score (nSPS) is 13.4. The Hall–Kier alpha value is -3.41. The molecule has 136 valence electrons. The Morgan fingerprint density at radius 2 is 1.81 bits per heavy atom. The van der Waals surface area contributed by atoms with Gasteiger partial charge in [-0.3, -0.25) is 0 Å². The molecule has 1 unspecified atom stereocenters. The number of nitrogens with zero attached hydrogens (tertiary/aromatic N) is 3. The predicted octanol–water partition coefficient (Wildman–Crippen LogP) is 3.10. The Morgan fingerprint density at radius 3 is 2.41 bits per heavy atom. The van der Waals surface area contributed by atoms with Crippen LogP contribution in [-0.4, -0.2) is 19.7 Å². The van der Waals surface area contributed by atoms with Gasteiger partial charge in [0, 0.05) is 19.4 Å². The molecule has 6 nitrogen and oxygen atoms in total.